The molecule has 0 spiro atoms. The Labute approximate surface area is 142 Å². The molecule has 0 aliphatic rings. The fourth-order valence-electron chi connectivity index (χ4n) is 2.19. The maximum Gasteiger partial charge on any atom is 0.255 e. The van der Waals surface area contributed by atoms with Crippen LogP contribution >= 0.6 is 0 Å². The Hall–Kier alpha value is -2.82. The van der Waals surface area contributed by atoms with Gasteiger partial charge < -0.3 is 15.4 Å². The molecule has 0 fully saturated rings. The van der Waals surface area contributed by atoms with E-state index in [4.69, 9.17) is 4.74 Å². The first-order valence-corrected chi connectivity index (χ1v) is 7.92. The maximum absolute atomic E-state index is 12.3. The Kier molecular flexibility index (Phi) is 5.95. The minimum Gasteiger partial charge on any atom is -0.494 e. The van der Waals surface area contributed by atoms with Gasteiger partial charge in [0.2, 0.25) is 5.91 Å². The van der Waals surface area contributed by atoms with Crippen LogP contribution < -0.4 is 15.4 Å². The molecule has 0 heterocycles. The van der Waals surface area contributed by atoms with Crippen molar-refractivity contribution in [3.05, 3.63) is 53.6 Å². The number of benzene rings is 2. The Morgan fingerprint density at radius 3 is 2.33 bits per heavy atom. The minimum atomic E-state index is -0.199. The summed E-state index contributed by atoms with van der Waals surface area (Å²) in [4.78, 5) is 23.3. The van der Waals surface area contributed by atoms with Gasteiger partial charge in [0.1, 0.15) is 5.75 Å². The molecule has 0 saturated heterocycles. The average molecular weight is 326 g/mol. The molecule has 5 heteroatoms. The van der Waals surface area contributed by atoms with Crippen molar-refractivity contribution < 1.29 is 14.3 Å². The summed E-state index contributed by atoms with van der Waals surface area (Å²) in [5.41, 5.74) is 2.86. The van der Waals surface area contributed by atoms with Gasteiger partial charge in [0, 0.05) is 23.9 Å². The normalized spacial score (nSPS) is 10.1. The molecule has 0 aliphatic carbocycles. The summed E-state index contributed by atoms with van der Waals surface area (Å²) in [5.74, 6) is 0.454. The van der Waals surface area contributed by atoms with Crippen molar-refractivity contribution in [2.24, 2.45) is 0 Å². The van der Waals surface area contributed by atoms with Crippen molar-refractivity contribution in [2.75, 3.05) is 17.2 Å². The molecule has 2 rings (SSSR count). The molecule has 2 aromatic rings. The number of amides is 2. The van der Waals surface area contributed by atoms with E-state index in [1.807, 2.05) is 25.1 Å². The predicted octanol–water partition coefficient (Wildman–Crippen LogP) is 3.99. The molecule has 0 aromatic heterocycles. The summed E-state index contributed by atoms with van der Waals surface area (Å²) in [6, 6.07) is 12.3. The SMILES string of the molecule is CCCOc1ccc(NC(=O)c2ccc(NC(C)=O)cc2)c(C)c1. The Morgan fingerprint density at radius 1 is 1.04 bits per heavy atom. The first kappa shape index (κ1) is 17.5. The third-order valence-electron chi connectivity index (χ3n) is 3.39. The van der Waals surface area contributed by atoms with Crippen LogP contribution in [0.1, 0.15) is 36.2 Å². The molecule has 0 atom stereocenters. The first-order valence-electron chi connectivity index (χ1n) is 7.92. The molecule has 0 unspecified atom stereocenters. The Bertz CT molecular complexity index is 724. The molecule has 2 aromatic carbocycles. The summed E-state index contributed by atoms with van der Waals surface area (Å²) >= 11 is 0. The quantitative estimate of drug-likeness (QED) is 0.843. The van der Waals surface area contributed by atoms with Crippen LogP contribution in [-0.2, 0) is 4.79 Å². The largest absolute Gasteiger partial charge is 0.494 e. The van der Waals surface area contributed by atoms with Gasteiger partial charge in [-0.25, -0.2) is 0 Å². The van der Waals surface area contributed by atoms with Crippen LogP contribution in [0.15, 0.2) is 42.5 Å². The van der Waals surface area contributed by atoms with E-state index in [1.54, 1.807) is 24.3 Å². The number of carbonyl (C=O) groups is 2. The average Bonchev–Trinajstić information content (AvgIpc) is 2.55. The van der Waals surface area contributed by atoms with Gasteiger partial charge in [-0.15, -0.1) is 0 Å². The van der Waals surface area contributed by atoms with Gasteiger partial charge in [-0.2, -0.15) is 0 Å². The monoisotopic (exact) mass is 326 g/mol. The van der Waals surface area contributed by atoms with E-state index < -0.39 is 0 Å². The predicted molar refractivity (Wildman–Crippen MR) is 95.7 cm³/mol. The van der Waals surface area contributed by atoms with Gasteiger partial charge in [-0.05, 0) is 61.4 Å². The standard InChI is InChI=1S/C19H22N2O3/c1-4-11-24-17-9-10-18(13(2)12-17)21-19(23)15-5-7-16(8-6-15)20-14(3)22/h5-10,12H,4,11H2,1-3H3,(H,20,22)(H,21,23). The molecule has 0 aliphatic heterocycles. The second-order valence-electron chi connectivity index (χ2n) is 5.54. The number of ether oxygens (including phenoxy) is 1. The highest BCUT2D eigenvalue weighted by Gasteiger charge is 2.09. The number of aryl methyl sites for hydroxylation is 1. The molecule has 24 heavy (non-hydrogen) atoms. The second kappa shape index (κ2) is 8.15. The highest BCUT2D eigenvalue weighted by Crippen LogP contribution is 2.22. The van der Waals surface area contributed by atoms with E-state index >= 15 is 0 Å². The smallest absolute Gasteiger partial charge is 0.255 e. The number of hydrogen-bond donors (Lipinski definition) is 2. The van der Waals surface area contributed by atoms with E-state index in [1.165, 1.54) is 6.92 Å². The fourth-order valence-corrected chi connectivity index (χ4v) is 2.19. The van der Waals surface area contributed by atoms with Crippen LogP contribution in [0.5, 0.6) is 5.75 Å². The van der Waals surface area contributed by atoms with Crippen LogP contribution in [0, 0.1) is 6.92 Å². The summed E-state index contributed by atoms with van der Waals surface area (Å²) in [7, 11) is 0. The molecule has 0 bridgehead atoms. The van der Waals surface area contributed by atoms with E-state index in [2.05, 4.69) is 17.6 Å². The number of carbonyl (C=O) groups excluding carboxylic acids is 2. The molecular weight excluding hydrogens is 304 g/mol. The number of anilines is 2. The lowest BCUT2D eigenvalue weighted by Gasteiger charge is -2.11. The van der Waals surface area contributed by atoms with Crippen molar-refractivity contribution in [1.82, 2.24) is 0 Å². The molecule has 0 radical (unpaired) electrons. The highest BCUT2D eigenvalue weighted by atomic mass is 16.5. The third-order valence-corrected chi connectivity index (χ3v) is 3.39. The van der Waals surface area contributed by atoms with Crippen molar-refractivity contribution in [2.45, 2.75) is 27.2 Å². The summed E-state index contributed by atoms with van der Waals surface area (Å²) < 4.78 is 5.58. The zero-order chi connectivity index (χ0) is 17.5. The van der Waals surface area contributed by atoms with Crippen molar-refractivity contribution in [1.29, 1.82) is 0 Å². The second-order valence-corrected chi connectivity index (χ2v) is 5.54. The lowest BCUT2D eigenvalue weighted by atomic mass is 10.1. The molecule has 0 saturated carbocycles. The summed E-state index contributed by atoms with van der Waals surface area (Å²) in [6.07, 6.45) is 0.950. The molecule has 2 N–H and O–H groups in total. The minimum absolute atomic E-state index is 0.145. The number of nitrogens with one attached hydrogen (secondary N) is 2. The van der Waals surface area contributed by atoms with E-state index in [9.17, 15) is 9.59 Å². The van der Waals surface area contributed by atoms with Gasteiger partial charge >= 0.3 is 0 Å². The van der Waals surface area contributed by atoms with Crippen LogP contribution in [0.4, 0.5) is 11.4 Å². The van der Waals surface area contributed by atoms with Crippen molar-refractivity contribution in [3.8, 4) is 5.75 Å². The zero-order valence-corrected chi connectivity index (χ0v) is 14.2. The first-order chi connectivity index (χ1) is 11.5. The molecule has 126 valence electrons. The lowest BCUT2D eigenvalue weighted by Crippen LogP contribution is -2.13. The lowest BCUT2D eigenvalue weighted by molar-refractivity contribution is -0.114. The van der Waals surface area contributed by atoms with E-state index in [0.29, 0.717) is 17.9 Å². The Balaban J connectivity index is 2.05. The van der Waals surface area contributed by atoms with Crippen LogP contribution in [0.3, 0.4) is 0 Å². The van der Waals surface area contributed by atoms with E-state index in [0.717, 1.165) is 23.4 Å². The van der Waals surface area contributed by atoms with Gasteiger partial charge in [-0.1, -0.05) is 6.92 Å². The van der Waals surface area contributed by atoms with Crippen molar-refractivity contribution in [3.63, 3.8) is 0 Å². The van der Waals surface area contributed by atoms with Gasteiger partial charge in [0.05, 0.1) is 6.61 Å². The van der Waals surface area contributed by atoms with Crippen LogP contribution in [0.25, 0.3) is 0 Å². The van der Waals surface area contributed by atoms with Gasteiger partial charge in [0.15, 0.2) is 0 Å². The number of hydrogen-bond acceptors (Lipinski definition) is 3. The highest BCUT2D eigenvalue weighted by molar-refractivity contribution is 6.05. The van der Waals surface area contributed by atoms with Gasteiger partial charge in [0.25, 0.3) is 5.91 Å². The topological polar surface area (TPSA) is 67.4 Å². The zero-order valence-electron chi connectivity index (χ0n) is 14.2. The van der Waals surface area contributed by atoms with E-state index in [-0.39, 0.29) is 11.8 Å². The van der Waals surface area contributed by atoms with Crippen LogP contribution in [0.2, 0.25) is 0 Å². The van der Waals surface area contributed by atoms with Crippen LogP contribution in [-0.4, -0.2) is 18.4 Å². The van der Waals surface area contributed by atoms with Gasteiger partial charge in [-0.3, -0.25) is 9.59 Å². The summed E-state index contributed by atoms with van der Waals surface area (Å²) in [5, 5.41) is 5.56. The fraction of sp³-hybridized carbons (Fsp3) is 0.263. The molecule has 2 amide bonds. The summed E-state index contributed by atoms with van der Waals surface area (Å²) in [6.45, 7) is 6.09. The number of rotatable bonds is 6. The van der Waals surface area contributed by atoms with Crippen molar-refractivity contribution >= 4 is 23.2 Å². The molecule has 5 nitrogen and oxygen atoms in total. The third kappa shape index (κ3) is 4.84. The molecular formula is C19H22N2O3. The Morgan fingerprint density at radius 2 is 1.75 bits per heavy atom. The maximum atomic E-state index is 12.3.